The van der Waals surface area contributed by atoms with E-state index in [0.29, 0.717) is 5.69 Å². The van der Waals surface area contributed by atoms with Gasteiger partial charge >= 0.3 is 0 Å². The predicted octanol–water partition coefficient (Wildman–Crippen LogP) is 2.41. The molecule has 1 aromatic carbocycles. The van der Waals surface area contributed by atoms with Gasteiger partial charge in [0, 0.05) is 29.4 Å². The molecule has 0 aromatic heterocycles. The Hall–Kier alpha value is -1.97. The summed E-state index contributed by atoms with van der Waals surface area (Å²) in [6.07, 6.45) is 0. The van der Waals surface area contributed by atoms with Crippen LogP contribution in [-0.4, -0.2) is 20.1 Å². The van der Waals surface area contributed by atoms with E-state index >= 15 is 0 Å². The maximum absolute atomic E-state index is 8.26. The molecule has 1 aromatic rings. The SMILES string of the molecule is C=C(NCCNC)c1ccc(N=[N+]=[N-])cc1. The van der Waals surface area contributed by atoms with Crippen LogP contribution in [0, 0.1) is 0 Å². The highest BCUT2D eigenvalue weighted by atomic mass is 15.1. The molecule has 16 heavy (non-hydrogen) atoms. The Morgan fingerprint density at radius 2 is 2.06 bits per heavy atom. The minimum atomic E-state index is 0.606. The molecule has 0 radical (unpaired) electrons. The second-order valence-corrected chi connectivity index (χ2v) is 3.25. The van der Waals surface area contributed by atoms with Gasteiger partial charge in [-0.25, -0.2) is 0 Å². The molecule has 0 fully saturated rings. The van der Waals surface area contributed by atoms with Gasteiger partial charge in [0.2, 0.25) is 0 Å². The largest absolute Gasteiger partial charge is 0.384 e. The zero-order valence-electron chi connectivity index (χ0n) is 9.27. The fraction of sp³-hybridized carbons (Fsp3) is 0.273. The smallest absolute Gasteiger partial charge is 0.0375 e. The normalized spacial score (nSPS) is 9.31. The molecule has 0 spiro atoms. The minimum absolute atomic E-state index is 0.606. The number of rotatable bonds is 6. The van der Waals surface area contributed by atoms with E-state index in [9.17, 15) is 0 Å². The summed E-state index contributed by atoms with van der Waals surface area (Å²) < 4.78 is 0. The molecule has 0 aliphatic heterocycles. The number of azide groups is 1. The van der Waals surface area contributed by atoms with Crippen LogP contribution in [0.2, 0.25) is 0 Å². The second kappa shape index (κ2) is 6.50. The van der Waals surface area contributed by atoms with Crippen LogP contribution in [0.5, 0.6) is 0 Å². The van der Waals surface area contributed by atoms with E-state index in [1.54, 1.807) is 12.1 Å². The van der Waals surface area contributed by atoms with Crippen molar-refractivity contribution in [1.82, 2.24) is 10.6 Å². The van der Waals surface area contributed by atoms with Crippen molar-refractivity contribution in [2.45, 2.75) is 0 Å². The van der Waals surface area contributed by atoms with Gasteiger partial charge in [0.1, 0.15) is 0 Å². The van der Waals surface area contributed by atoms with Crippen molar-refractivity contribution < 1.29 is 0 Å². The molecule has 84 valence electrons. The molecule has 0 bridgehead atoms. The molecule has 0 saturated carbocycles. The summed E-state index contributed by atoms with van der Waals surface area (Å²) in [7, 11) is 1.90. The number of benzene rings is 1. The predicted molar refractivity (Wildman–Crippen MR) is 66.2 cm³/mol. The summed E-state index contributed by atoms with van der Waals surface area (Å²) in [5.41, 5.74) is 10.7. The lowest BCUT2D eigenvalue weighted by Crippen LogP contribution is -2.23. The Morgan fingerprint density at radius 3 is 2.62 bits per heavy atom. The van der Waals surface area contributed by atoms with E-state index in [2.05, 4.69) is 27.2 Å². The Balaban J connectivity index is 2.59. The van der Waals surface area contributed by atoms with Crippen molar-refractivity contribution in [3.63, 3.8) is 0 Å². The molecule has 0 heterocycles. The van der Waals surface area contributed by atoms with E-state index in [-0.39, 0.29) is 0 Å². The molecule has 0 atom stereocenters. The molecule has 5 nitrogen and oxygen atoms in total. The van der Waals surface area contributed by atoms with Crippen molar-refractivity contribution in [3.05, 3.63) is 46.9 Å². The van der Waals surface area contributed by atoms with Crippen molar-refractivity contribution in [1.29, 1.82) is 0 Å². The van der Waals surface area contributed by atoms with Crippen molar-refractivity contribution >= 4 is 11.4 Å². The fourth-order valence-electron chi connectivity index (χ4n) is 1.22. The zero-order chi connectivity index (χ0) is 11.8. The van der Waals surface area contributed by atoms with E-state index < -0.39 is 0 Å². The summed E-state index contributed by atoms with van der Waals surface area (Å²) in [5, 5.41) is 9.74. The van der Waals surface area contributed by atoms with Crippen LogP contribution in [-0.2, 0) is 0 Å². The lowest BCUT2D eigenvalue weighted by atomic mass is 10.1. The molecule has 0 aliphatic carbocycles. The van der Waals surface area contributed by atoms with Crippen LogP contribution in [0.3, 0.4) is 0 Å². The van der Waals surface area contributed by atoms with Gasteiger partial charge in [0.25, 0.3) is 0 Å². The lowest BCUT2D eigenvalue weighted by Gasteiger charge is -2.09. The van der Waals surface area contributed by atoms with Crippen LogP contribution in [0.4, 0.5) is 5.69 Å². The lowest BCUT2D eigenvalue weighted by molar-refractivity contribution is 0.749. The van der Waals surface area contributed by atoms with Crippen molar-refractivity contribution in [2.75, 3.05) is 20.1 Å². The third-order valence-corrected chi connectivity index (χ3v) is 2.09. The highest BCUT2D eigenvalue weighted by Gasteiger charge is 1.97. The van der Waals surface area contributed by atoms with E-state index in [0.717, 1.165) is 24.4 Å². The highest BCUT2D eigenvalue weighted by molar-refractivity contribution is 5.63. The third-order valence-electron chi connectivity index (χ3n) is 2.09. The maximum Gasteiger partial charge on any atom is 0.0375 e. The minimum Gasteiger partial charge on any atom is -0.384 e. The Morgan fingerprint density at radius 1 is 1.38 bits per heavy atom. The summed E-state index contributed by atoms with van der Waals surface area (Å²) in [5.74, 6) is 0. The van der Waals surface area contributed by atoms with E-state index in [1.165, 1.54) is 0 Å². The monoisotopic (exact) mass is 217 g/mol. The van der Waals surface area contributed by atoms with Gasteiger partial charge in [-0.05, 0) is 18.1 Å². The highest BCUT2D eigenvalue weighted by Crippen LogP contribution is 2.16. The fourth-order valence-corrected chi connectivity index (χ4v) is 1.22. The van der Waals surface area contributed by atoms with Gasteiger partial charge in [0.15, 0.2) is 0 Å². The third kappa shape index (κ3) is 3.65. The van der Waals surface area contributed by atoms with Crippen LogP contribution < -0.4 is 10.6 Å². The Labute approximate surface area is 94.8 Å². The van der Waals surface area contributed by atoms with Crippen LogP contribution in [0.1, 0.15) is 5.56 Å². The number of nitrogens with one attached hydrogen (secondary N) is 2. The molecular formula is C11H15N5. The molecule has 5 heteroatoms. The molecule has 0 aliphatic rings. The molecule has 0 amide bonds. The molecule has 0 unspecified atom stereocenters. The van der Waals surface area contributed by atoms with Gasteiger partial charge in [0.05, 0.1) is 0 Å². The van der Waals surface area contributed by atoms with Crippen LogP contribution in [0.15, 0.2) is 36.0 Å². The number of nitrogens with zero attached hydrogens (tertiary/aromatic N) is 3. The zero-order valence-corrected chi connectivity index (χ0v) is 9.27. The van der Waals surface area contributed by atoms with Crippen molar-refractivity contribution in [3.8, 4) is 0 Å². The quantitative estimate of drug-likeness (QED) is 0.332. The summed E-state index contributed by atoms with van der Waals surface area (Å²) in [6.45, 7) is 5.64. The van der Waals surface area contributed by atoms with Crippen LogP contribution in [0.25, 0.3) is 16.1 Å². The van der Waals surface area contributed by atoms with Crippen molar-refractivity contribution in [2.24, 2.45) is 5.11 Å². The molecule has 1 rings (SSSR count). The molecule has 2 N–H and O–H groups in total. The van der Waals surface area contributed by atoms with Crippen LogP contribution >= 0.6 is 0 Å². The number of likely N-dealkylation sites (N-methyl/N-ethyl adjacent to an activating group) is 1. The summed E-state index contributed by atoms with van der Waals surface area (Å²) in [4.78, 5) is 2.72. The van der Waals surface area contributed by atoms with E-state index in [1.807, 2.05) is 19.2 Å². The second-order valence-electron chi connectivity index (χ2n) is 3.25. The van der Waals surface area contributed by atoms with Gasteiger partial charge in [-0.1, -0.05) is 36.0 Å². The first-order valence-corrected chi connectivity index (χ1v) is 5.01. The Kier molecular flexibility index (Phi) is 4.92. The summed E-state index contributed by atoms with van der Waals surface area (Å²) in [6, 6.07) is 7.28. The van der Waals surface area contributed by atoms with Gasteiger partial charge in [-0.3, -0.25) is 0 Å². The maximum atomic E-state index is 8.26. The van der Waals surface area contributed by atoms with Gasteiger partial charge in [-0.2, -0.15) is 0 Å². The van der Waals surface area contributed by atoms with E-state index in [4.69, 9.17) is 5.53 Å². The van der Waals surface area contributed by atoms with Gasteiger partial charge in [-0.15, -0.1) is 0 Å². The number of hydrogen-bond acceptors (Lipinski definition) is 3. The summed E-state index contributed by atoms with van der Waals surface area (Å²) >= 11 is 0. The first kappa shape index (κ1) is 12.1. The van der Waals surface area contributed by atoms with Gasteiger partial charge < -0.3 is 10.6 Å². The first-order valence-electron chi connectivity index (χ1n) is 5.01. The Bertz CT molecular complexity index is 389. The number of hydrogen-bond donors (Lipinski definition) is 2. The average molecular weight is 217 g/mol. The molecular weight excluding hydrogens is 202 g/mol. The first-order chi connectivity index (χ1) is 7.77. The standard InChI is InChI=1S/C11H15N5/c1-9(14-8-7-13-2)10-3-5-11(6-4-10)15-16-12/h3-6,13-14H,1,7-8H2,2H3. The molecule has 0 saturated heterocycles. The average Bonchev–Trinajstić information content (AvgIpc) is 2.30. The topological polar surface area (TPSA) is 72.8 Å².